The van der Waals surface area contributed by atoms with E-state index in [1.54, 1.807) is 12.1 Å². The van der Waals surface area contributed by atoms with Crippen LogP contribution < -0.4 is 5.32 Å². The van der Waals surface area contributed by atoms with Crippen LogP contribution in [0.4, 0.5) is 10.1 Å². The molecule has 68 valence electrons. The molecule has 1 spiro atoms. The van der Waals surface area contributed by atoms with Gasteiger partial charge in [0.15, 0.2) is 0 Å². The number of nitrogens with one attached hydrogen (secondary N) is 1. The molecule has 0 bridgehead atoms. The highest BCUT2D eigenvalue weighted by molar-refractivity contribution is 5.61. The molecule has 13 heavy (non-hydrogen) atoms. The lowest BCUT2D eigenvalue weighted by molar-refractivity contribution is 0.272. The Labute approximate surface area is 77.0 Å². The molecule has 0 unspecified atom stereocenters. The molecule has 1 N–H and O–H groups in total. The maximum atomic E-state index is 12.9. The van der Waals surface area contributed by atoms with Gasteiger partial charge in [-0.25, -0.2) is 4.39 Å². The minimum atomic E-state index is -0.136. The Morgan fingerprint density at radius 1 is 1.31 bits per heavy atom. The van der Waals surface area contributed by atoms with Gasteiger partial charge in [0.1, 0.15) is 5.82 Å². The van der Waals surface area contributed by atoms with E-state index >= 15 is 0 Å². The lowest BCUT2D eigenvalue weighted by Crippen LogP contribution is -2.35. The van der Waals surface area contributed by atoms with Crippen LogP contribution in [0.1, 0.15) is 24.8 Å². The summed E-state index contributed by atoms with van der Waals surface area (Å²) in [5.74, 6) is -0.136. The summed E-state index contributed by atoms with van der Waals surface area (Å²) >= 11 is 0. The first-order valence-corrected chi connectivity index (χ1v) is 4.84. The van der Waals surface area contributed by atoms with Crippen molar-refractivity contribution in [3.63, 3.8) is 0 Å². The minimum Gasteiger partial charge on any atom is -0.384 e. The molecular weight excluding hydrogens is 165 g/mol. The highest BCUT2D eigenvalue weighted by Gasteiger charge is 2.43. The normalized spacial score (nSPS) is 22.2. The fourth-order valence-electron chi connectivity index (χ4n) is 2.53. The molecule has 1 aliphatic heterocycles. The number of rotatable bonds is 0. The zero-order chi connectivity index (χ0) is 8.89. The summed E-state index contributed by atoms with van der Waals surface area (Å²) in [5.41, 5.74) is 2.71. The van der Waals surface area contributed by atoms with Crippen LogP contribution in [-0.2, 0) is 5.41 Å². The van der Waals surface area contributed by atoms with Crippen molar-refractivity contribution in [1.82, 2.24) is 0 Å². The molecule has 0 atom stereocenters. The van der Waals surface area contributed by atoms with Gasteiger partial charge in [0.25, 0.3) is 0 Å². The van der Waals surface area contributed by atoms with Crippen molar-refractivity contribution in [1.29, 1.82) is 0 Å². The zero-order valence-corrected chi connectivity index (χ0v) is 7.44. The summed E-state index contributed by atoms with van der Waals surface area (Å²) in [7, 11) is 0. The molecule has 0 radical (unpaired) electrons. The Kier molecular flexibility index (Phi) is 1.27. The van der Waals surface area contributed by atoms with Crippen molar-refractivity contribution in [3.05, 3.63) is 29.6 Å². The quantitative estimate of drug-likeness (QED) is 0.642. The summed E-state index contributed by atoms with van der Waals surface area (Å²) in [6, 6.07) is 5.14. The lowest BCUT2D eigenvalue weighted by atomic mass is 9.66. The Morgan fingerprint density at radius 3 is 2.85 bits per heavy atom. The van der Waals surface area contributed by atoms with E-state index < -0.39 is 0 Å². The number of fused-ring (bicyclic) bond motifs is 2. The van der Waals surface area contributed by atoms with E-state index in [0.717, 1.165) is 12.2 Å². The average Bonchev–Trinajstić information content (AvgIpc) is 2.41. The van der Waals surface area contributed by atoms with Gasteiger partial charge in [-0.2, -0.15) is 0 Å². The molecule has 2 aliphatic rings. The molecule has 1 aromatic carbocycles. The highest BCUT2D eigenvalue weighted by Crippen LogP contribution is 2.50. The largest absolute Gasteiger partial charge is 0.384 e. The van der Waals surface area contributed by atoms with E-state index in [1.807, 2.05) is 6.07 Å². The molecule has 1 saturated carbocycles. The molecule has 3 rings (SSSR count). The molecule has 1 fully saturated rings. The van der Waals surface area contributed by atoms with Gasteiger partial charge < -0.3 is 5.32 Å². The van der Waals surface area contributed by atoms with E-state index in [2.05, 4.69) is 5.32 Å². The van der Waals surface area contributed by atoms with Crippen LogP contribution in [0.3, 0.4) is 0 Å². The Hall–Kier alpha value is -1.05. The number of hydrogen-bond donors (Lipinski definition) is 1. The van der Waals surface area contributed by atoms with Crippen molar-refractivity contribution < 1.29 is 4.39 Å². The third-order valence-electron chi connectivity index (χ3n) is 3.48. The summed E-state index contributed by atoms with van der Waals surface area (Å²) in [6.07, 6.45) is 3.84. The van der Waals surface area contributed by atoms with Gasteiger partial charge >= 0.3 is 0 Å². The predicted octanol–water partition coefficient (Wildman–Crippen LogP) is 2.67. The first kappa shape index (κ1) is 7.36. The minimum absolute atomic E-state index is 0.136. The van der Waals surface area contributed by atoms with Gasteiger partial charge in [-0.3, -0.25) is 0 Å². The summed E-state index contributed by atoms with van der Waals surface area (Å²) < 4.78 is 12.9. The summed E-state index contributed by atoms with van der Waals surface area (Å²) in [5, 5.41) is 3.29. The summed E-state index contributed by atoms with van der Waals surface area (Å²) in [6.45, 7) is 1.01. The van der Waals surface area contributed by atoms with Crippen molar-refractivity contribution in [2.75, 3.05) is 11.9 Å². The van der Waals surface area contributed by atoms with Crippen LogP contribution in [0.15, 0.2) is 18.2 Å². The van der Waals surface area contributed by atoms with Gasteiger partial charge in [0.2, 0.25) is 0 Å². The second-order valence-corrected chi connectivity index (χ2v) is 4.18. The standard InChI is InChI=1S/C11H12FN/c12-8-2-3-9-10(6-8)13-7-11(9)4-1-5-11/h2-3,6,13H,1,4-5,7H2. The molecule has 1 aromatic rings. The van der Waals surface area contributed by atoms with E-state index in [1.165, 1.54) is 24.8 Å². The fourth-order valence-corrected chi connectivity index (χ4v) is 2.53. The SMILES string of the molecule is Fc1ccc2c(c1)NCC21CCC1. The number of hydrogen-bond acceptors (Lipinski definition) is 1. The van der Waals surface area contributed by atoms with E-state index in [-0.39, 0.29) is 5.82 Å². The van der Waals surface area contributed by atoms with E-state index in [0.29, 0.717) is 5.41 Å². The maximum absolute atomic E-state index is 12.9. The van der Waals surface area contributed by atoms with Crippen molar-refractivity contribution in [2.24, 2.45) is 0 Å². The zero-order valence-electron chi connectivity index (χ0n) is 7.44. The monoisotopic (exact) mass is 177 g/mol. The summed E-state index contributed by atoms with van der Waals surface area (Å²) in [4.78, 5) is 0. The molecule has 1 heterocycles. The van der Waals surface area contributed by atoms with Gasteiger partial charge in [-0.05, 0) is 30.5 Å². The van der Waals surface area contributed by atoms with Crippen LogP contribution in [0.5, 0.6) is 0 Å². The van der Waals surface area contributed by atoms with Crippen LogP contribution in [0.2, 0.25) is 0 Å². The van der Waals surface area contributed by atoms with Crippen molar-refractivity contribution in [3.8, 4) is 0 Å². The first-order chi connectivity index (χ1) is 6.30. The molecule has 1 nitrogen and oxygen atoms in total. The smallest absolute Gasteiger partial charge is 0.125 e. The number of benzene rings is 1. The third-order valence-corrected chi connectivity index (χ3v) is 3.48. The molecule has 0 saturated heterocycles. The maximum Gasteiger partial charge on any atom is 0.125 e. The van der Waals surface area contributed by atoms with Gasteiger partial charge in [0, 0.05) is 17.6 Å². The Bertz CT molecular complexity index is 355. The van der Waals surface area contributed by atoms with Gasteiger partial charge in [-0.1, -0.05) is 12.5 Å². The average molecular weight is 177 g/mol. The topological polar surface area (TPSA) is 12.0 Å². The Morgan fingerprint density at radius 2 is 2.15 bits per heavy atom. The third kappa shape index (κ3) is 0.859. The number of halogens is 1. The molecule has 2 heteroatoms. The van der Waals surface area contributed by atoms with Gasteiger partial charge in [-0.15, -0.1) is 0 Å². The second-order valence-electron chi connectivity index (χ2n) is 4.18. The molecule has 0 amide bonds. The highest BCUT2D eigenvalue weighted by atomic mass is 19.1. The van der Waals surface area contributed by atoms with Crippen LogP contribution in [0, 0.1) is 5.82 Å². The van der Waals surface area contributed by atoms with Crippen molar-refractivity contribution in [2.45, 2.75) is 24.7 Å². The van der Waals surface area contributed by atoms with E-state index in [4.69, 9.17) is 0 Å². The Balaban J connectivity index is 2.11. The van der Waals surface area contributed by atoms with Crippen LogP contribution >= 0.6 is 0 Å². The lowest BCUT2D eigenvalue weighted by Gasteiger charge is -2.38. The van der Waals surface area contributed by atoms with Gasteiger partial charge in [0.05, 0.1) is 0 Å². The number of anilines is 1. The second kappa shape index (κ2) is 2.25. The molecule has 0 aromatic heterocycles. The van der Waals surface area contributed by atoms with Crippen molar-refractivity contribution >= 4 is 5.69 Å². The van der Waals surface area contributed by atoms with E-state index in [9.17, 15) is 4.39 Å². The first-order valence-electron chi connectivity index (χ1n) is 4.84. The predicted molar refractivity (Wildman–Crippen MR) is 50.4 cm³/mol. The van der Waals surface area contributed by atoms with Crippen LogP contribution in [-0.4, -0.2) is 6.54 Å². The molecule has 1 aliphatic carbocycles. The van der Waals surface area contributed by atoms with Crippen LogP contribution in [0.25, 0.3) is 0 Å². The molecular formula is C11H12FN. The fraction of sp³-hybridized carbons (Fsp3) is 0.455.